The van der Waals surface area contributed by atoms with Crippen molar-refractivity contribution in [3.05, 3.63) is 69.7 Å². The lowest BCUT2D eigenvalue weighted by molar-refractivity contribution is -0.291. The minimum atomic E-state index is -0.976. The summed E-state index contributed by atoms with van der Waals surface area (Å²) >= 11 is 6.46. The molecule has 3 N–H and O–H groups in total. The van der Waals surface area contributed by atoms with E-state index in [9.17, 15) is 15.3 Å². The van der Waals surface area contributed by atoms with E-state index in [1.54, 1.807) is 0 Å². The number of aliphatic hydroxyl groups excluding tert-OH is 3. The van der Waals surface area contributed by atoms with E-state index in [2.05, 4.69) is 31.2 Å². The Balaban J connectivity index is 1.60. The molecule has 156 valence electrons. The van der Waals surface area contributed by atoms with Crippen molar-refractivity contribution >= 4 is 11.6 Å². The lowest BCUT2D eigenvalue weighted by Gasteiger charge is -2.58. The predicted molar refractivity (Wildman–Crippen MR) is 113 cm³/mol. The molecule has 5 atom stereocenters. The van der Waals surface area contributed by atoms with Gasteiger partial charge in [0.25, 0.3) is 0 Å². The minimum Gasteiger partial charge on any atom is -0.396 e. The number of ether oxygens (including phenoxy) is 1. The average Bonchev–Trinajstić information content (AvgIpc) is 2.69. The van der Waals surface area contributed by atoms with E-state index in [1.165, 1.54) is 11.1 Å². The van der Waals surface area contributed by atoms with E-state index in [-0.39, 0.29) is 12.5 Å². The van der Waals surface area contributed by atoms with Crippen LogP contribution in [0.1, 0.15) is 54.0 Å². The van der Waals surface area contributed by atoms with Crippen molar-refractivity contribution in [2.24, 2.45) is 5.92 Å². The van der Waals surface area contributed by atoms with Gasteiger partial charge in [-0.05, 0) is 61.8 Å². The Kier molecular flexibility index (Phi) is 6.01. The van der Waals surface area contributed by atoms with Crippen LogP contribution in [0, 0.1) is 12.8 Å². The molecule has 1 saturated carbocycles. The summed E-state index contributed by atoms with van der Waals surface area (Å²) < 4.78 is 6.44. The third-order valence-electron chi connectivity index (χ3n) is 6.66. The first-order valence-electron chi connectivity index (χ1n) is 10.4. The number of benzene rings is 2. The number of hydrogen-bond donors (Lipinski definition) is 3. The fraction of sp³-hybridized carbons (Fsp3) is 0.500. The molecule has 2 fully saturated rings. The average molecular weight is 417 g/mol. The predicted octanol–water partition coefficient (Wildman–Crippen LogP) is 3.95. The Hall–Kier alpha value is -1.43. The SMILES string of the molecule is Cc1ccc(Cc2cc(C3OC4(CCCO)CCC4C(O)C3O)ccc2Cl)cc1. The molecule has 2 aromatic carbocycles. The first-order valence-corrected chi connectivity index (χ1v) is 10.8. The monoisotopic (exact) mass is 416 g/mol. The molecular weight excluding hydrogens is 388 g/mol. The van der Waals surface area contributed by atoms with Crippen LogP contribution in [0.4, 0.5) is 0 Å². The van der Waals surface area contributed by atoms with E-state index >= 15 is 0 Å². The summed E-state index contributed by atoms with van der Waals surface area (Å²) in [6.07, 6.45) is 1.31. The molecule has 4 rings (SSSR count). The summed E-state index contributed by atoms with van der Waals surface area (Å²) in [7, 11) is 0. The van der Waals surface area contributed by atoms with Crippen LogP contribution in [-0.4, -0.2) is 39.7 Å². The van der Waals surface area contributed by atoms with Crippen LogP contribution in [0.3, 0.4) is 0 Å². The highest BCUT2D eigenvalue weighted by atomic mass is 35.5. The topological polar surface area (TPSA) is 69.9 Å². The molecule has 0 radical (unpaired) electrons. The van der Waals surface area contributed by atoms with Gasteiger partial charge in [0, 0.05) is 17.5 Å². The van der Waals surface area contributed by atoms with Crippen LogP contribution >= 0.6 is 11.6 Å². The van der Waals surface area contributed by atoms with Gasteiger partial charge in [0.1, 0.15) is 12.2 Å². The van der Waals surface area contributed by atoms with Gasteiger partial charge >= 0.3 is 0 Å². The highest BCUT2D eigenvalue weighted by Crippen LogP contribution is 2.54. The van der Waals surface area contributed by atoms with Gasteiger partial charge in [0.2, 0.25) is 0 Å². The largest absolute Gasteiger partial charge is 0.396 e. The molecule has 1 aliphatic heterocycles. The third-order valence-corrected chi connectivity index (χ3v) is 7.03. The Bertz CT molecular complexity index is 852. The number of aryl methyl sites for hydroxylation is 1. The zero-order valence-corrected chi connectivity index (χ0v) is 17.5. The van der Waals surface area contributed by atoms with E-state index in [1.807, 2.05) is 18.2 Å². The molecule has 0 amide bonds. The van der Waals surface area contributed by atoms with Crippen molar-refractivity contribution in [2.75, 3.05) is 6.61 Å². The van der Waals surface area contributed by atoms with Crippen molar-refractivity contribution in [3.63, 3.8) is 0 Å². The van der Waals surface area contributed by atoms with Crippen molar-refractivity contribution in [3.8, 4) is 0 Å². The molecular formula is C24H29ClO4. The molecule has 4 nitrogen and oxygen atoms in total. The number of fused-ring (bicyclic) bond motifs is 1. The molecule has 0 aromatic heterocycles. The zero-order valence-electron chi connectivity index (χ0n) is 16.7. The molecule has 1 aliphatic carbocycles. The van der Waals surface area contributed by atoms with Crippen LogP contribution in [0.5, 0.6) is 0 Å². The highest BCUT2D eigenvalue weighted by molar-refractivity contribution is 6.31. The molecule has 0 spiro atoms. The summed E-state index contributed by atoms with van der Waals surface area (Å²) in [6.45, 7) is 2.16. The molecule has 1 saturated heterocycles. The standard InChI is InChI=1S/C24H29ClO4/c1-15-3-5-16(6-4-15)13-18-14-17(7-8-20(18)25)23-22(28)21(27)19-9-11-24(19,29-23)10-2-12-26/h3-8,14,19,21-23,26-28H,2,9-13H2,1H3. The Morgan fingerprint density at radius 3 is 2.52 bits per heavy atom. The van der Waals surface area contributed by atoms with Crippen LogP contribution < -0.4 is 0 Å². The third kappa shape index (κ3) is 3.97. The van der Waals surface area contributed by atoms with Crippen molar-refractivity contribution < 1.29 is 20.1 Å². The van der Waals surface area contributed by atoms with E-state index in [0.717, 1.165) is 24.0 Å². The first kappa shape index (κ1) is 20.8. The maximum absolute atomic E-state index is 10.8. The normalized spacial score (nSPS) is 31.2. The quantitative estimate of drug-likeness (QED) is 0.666. The van der Waals surface area contributed by atoms with Crippen LogP contribution in [0.25, 0.3) is 0 Å². The molecule has 2 aliphatic rings. The number of hydrogen-bond acceptors (Lipinski definition) is 4. The maximum Gasteiger partial charge on any atom is 0.112 e. The maximum atomic E-state index is 10.8. The van der Waals surface area contributed by atoms with Crippen molar-refractivity contribution in [1.29, 1.82) is 0 Å². The van der Waals surface area contributed by atoms with E-state index in [0.29, 0.717) is 24.3 Å². The van der Waals surface area contributed by atoms with Gasteiger partial charge in [-0.1, -0.05) is 53.6 Å². The highest BCUT2D eigenvalue weighted by Gasteiger charge is 2.58. The molecule has 0 bridgehead atoms. The summed E-state index contributed by atoms with van der Waals surface area (Å²) in [4.78, 5) is 0. The summed E-state index contributed by atoms with van der Waals surface area (Å²) in [6, 6.07) is 14.1. The lowest BCUT2D eigenvalue weighted by atomic mass is 9.61. The van der Waals surface area contributed by atoms with Gasteiger partial charge in [-0.3, -0.25) is 0 Å². The van der Waals surface area contributed by atoms with E-state index < -0.39 is 23.9 Å². The number of halogens is 1. The second-order valence-electron chi connectivity index (χ2n) is 8.57. The van der Waals surface area contributed by atoms with E-state index in [4.69, 9.17) is 16.3 Å². The van der Waals surface area contributed by atoms with Crippen LogP contribution in [0.2, 0.25) is 5.02 Å². The Labute approximate surface area is 177 Å². The molecule has 5 unspecified atom stereocenters. The van der Waals surface area contributed by atoms with Crippen molar-refractivity contribution in [2.45, 2.75) is 62.9 Å². The summed E-state index contributed by atoms with van der Waals surface area (Å²) in [5.74, 6) is -0.0698. The Morgan fingerprint density at radius 1 is 1.10 bits per heavy atom. The van der Waals surface area contributed by atoms with Crippen LogP contribution in [-0.2, 0) is 11.2 Å². The summed E-state index contributed by atoms with van der Waals surface area (Å²) in [5, 5.41) is 31.4. The first-order chi connectivity index (χ1) is 13.9. The van der Waals surface area contributed by atoms with Crippen molar-refractivity contribution in [1.82, 2.24) is 0 Å². The van der Waals surface area contributed by atoms with Gasteiger partial charge in [-0.15, -0.1) is 0 Å². The number of rotatable bonds is 6. The number of aliphatic hydroxyl groups is 3. The zero-order chi connectivity index (χ0) is 20.6. The smallest absolute Gasteiger partial charge is 0.112 e. The fourth-order valence-corrected chi connectivity index (χ4v) is 5.03. The second kappa shape index (κ2) is 8.37. The van der Waals surface area contributed by atoms with Gasteiger partial charge in [0.15, 0.2) is 0 Å². The van der Waals surface area contributed by atoms with Gasteiger partial charge in [-0.2, -0.15) is 0 Å². The minimum absolute atomic E-state index is 0.0698. The van der Waals surface area contributed by atoms with Crippen LogP contribution in [0.15, 0.2) is 42.5 Å². The second-order valence-corrected chi connectivity index (χ2v) is 8.98. The fourth-order valence-electron chi connectivity index (χ4n) is 4.85. The Morgan fingerprint density at radius 2 is 1.86 bits per heavy atom. The molecule has 29 heavy (non-hydrogen) atoms. The molecule has 2 aromatic rings. The molecule has 1 heterocycles. The van der Waals surface area contributed by atoms with Gasteiger partial charge < -0.3 is 20.1 Å². The van der Waals surface area contributed by atoms with Gasteiger partial charge in [0.05, 0.1) is 11.7 Å². The molecule has 5 heteroatoms. The van der Waals surface area contributed by atoms with Gasteiger partial charge in [-0.25, -0.2) is 0 Å². The summed E-state index contributed by atoms with van der Waals surface area (Å²) in [5.41, 5.74) is 3.72. The lowest BCUT2D eigenvalue weighted by Crippen LogP contribution is -2.63.